The molecule has 4 rings (SSSR count). The van der Waals surface area contributed by atoms with Gasteiger partial charge in [0.25, 0.3) is 0 Å². The summed E-state index contributed by atoms with van der Waals surface area (Å²) in [5.74, 6) is 5.36. The number of benzene rings is 3. The zero-order valence-corrected chi connectivity index (χ0v) is 14.1. The van der Waals surface area contributed by atoms with E-state index in [4.69, 9.17) is 17.8 Å². The molecule has 0 aliphatic carbocycles. The summed E-state index contributed by atoms with van der Waals surface area (Å²) in [4.78, 5) is 4.84. The maximum absolute atomic E-state index is 5.59. The fraction of sp³-hybridized carbons (Fsp3) is 0. The molecule has 0 atom stereocenters. The van der Waals surface area contributed by atoms with Crippen LogP contribution in [0.5, 0.6) is 0 Å². The minimum Gasteiger partial charge on any atom is -0.248 e. The minimum atomic E-state index is 0.850. The Balaban J connectivity index is 1.99. The van der Waals surface area contributed by atoms with Crippen molar-refractivity contribution in [3.05, 3.63) is 90.0 Å². The van der Waals surface area contributed by atoms with Crippen molar-refractivity contribution in [2.24, 2.45) is 0 Å². The summed E-state index contributed by atoms with van der Waals surface area (Å²) in [6, 6.07) is 26.2. The molecule has 0 amide bonds. The average Bonchev–Trinajstić information content (AvgIpc) is 2.73. The zero-order chi connectivity index (χ0) is 17.9. The fourth-order valence-corrected chi connectivity index (χ4v) is 3.06. The summed E-state index contributed by atoms with van der Waals surface area (Å²) < 4.78 is 0. The zero-order valence-electron chi connectivity index (χ0n) is 14.1. The van der Waals surface area contributed by atoms with Crippen molar-refractivity contribution in [1.82, 2.24) is 4.98 Å². The molecule has 26 heavy (non-hydrogen) atoms. The van der Waals surface area contributed by atoms with Crippen molar-refractivity contribution in [3.8, 4) is 47.1 Å². The molecular formula is C25H15N. The van der Waals surface area contributed by atoms with E-state index in [9.17, 15) is 0 Å². The van der Waals surface area contributed by atoms with Crippen molar-refractivity contribution >= 4 is 10.9 Å². The van der Waals surface area contributed by atoms with E-state index in [1.807, 2.05) is 60.7 Å². The average molecular weight is 329 g/mol. The molecule has 1 heterocycles. The van der Waals surface area contributed by atoms with E-state index in [-0.39, 0.29) is 0 Å². The van der Waals surface area contributed by atoms with Gasteiger partial charge >= 0.3 is 0 Å². The van der Waals surface area contributed by atoms with Crippen LogP contribution in [-0.2, 0) is 0 Å². The van der Waals surface area contributed by atoms with Gasteiger partial charge in [-0.05, 0) is 47.5 Å². The number of aromatic nitrogens is 1. The van der Waals surface area contributed by atoms with Gasteiger partial charge in [0.05, 0.1) is 11.2 Å². The molecule has 0 radical (unpaired) electrons. The van der Waals surface area contributed by atoms with Crippen LogP contribution in [0, 0.1) is 24.7 Å². The van der Waals surface area contributed by atoms with Crippen LogP contribution < -0.4 is 0 Å². The molecule has 4 aromatic rings. The Morgan fingerprint density at radius 1 is 0.654 bits per heavy atom. The highest BCUT2D eigenvalue weighted by Gasteiger charge is 2.10. The van der Waals surface area contributed by atoms with Crippen LogP contribution in [0.3, 0.4) is 0 Å². The third-order valence-electron chi connectivity index (χ3n) is 4.41. The molecule has 0 fully saturated rings. The summed E-state index contributed by atoms with van der Waals surface area (Å²) in [6.45, 7) is 0. The largest absolute Gasteiger partial charge is 0.248 e. The van der Waals surface area contributed by atoms with Crippen LogP contribution in [0.2, 0.25) is 0 Å². The second-order valence-electron chi connectivity index (χ2n) is 6.02. The first-order chi connectivity index (χ1) is 12.8. The Labute approximate surface area is 153 Å². The highest BCUT2D eigenvalue weighted by molar-refractivity contribution is 5.97. The van der Waals surface area contributed by atoms with E-state index in [0.29, 0.717) is 0 Å². The molecule has 0 aliphatic heterocycles. The predicted molar refractivity (Wildman–Crippen MR) is 108 cm³/mol. The second-order valence-corrected chi connectivity index (χ2v) is 6.02. The Kier molecular flexibility index (Phi) is 3.98. The number of terminal acetylenes is 2. The van der Waals surface area contributed by atoms with Gasteiger partial charge in [-0.3, -0.25) is 0 Å². The van der Waals surface area contributed by atoms with E-state index in [1.165, 1.54) is 0 Å². The molecule has 1 aromatic heterocycles. The van der Waals surface area contributed by atoms with Crippen molar-refractivity contribution in [3.63, 3.8) is 0 Å². The predicted octanol–water partition coefficient (Wildman–Crippen LogP) is 5.53. The van der Waals surface area contributed by atoms with Gasteiger partial charge < -0.3 is 0 Å². The number of fused-ring (bicyclic) bond motifs is 1. The quantitative estimate of drug-likeness (QED) is 0.441. The smallest absolute Gasteiger partial charge is 0.0716 e. The molecule has 0 spiro atoms. The molecule has 0 unspecified atom stereocenters. The first-order valence-corrected chi connectivity index (χ1v) is 8.32. The number of nitrogens with zero attached hydrogens (tertiary/aromatic N) is 1. The fourth-order valence-electron chi connectivity index (χ4n) is 3.06. The van der Waals surface area contributed by atoms with Gasteiger partial charge in [-0.2, -0.15) is 0 Å². The van der Waals surface area contributed by atoms with Gasteiger partial charge in [0.1, 0.15) is 0 Å². The van der Waals surface area contributed by atoms with Crippen LogP contribution >= 0.6 is 0 Å². The second kappa shape index (κ2) is 6.60. The summed E-state index contributed by atoms with van der Waals surface area (Å²) in [5, 5.41) is 1.05. The third-order valence-corrected chi connectivity index (χ3v) is 4.41. The summed E-state index contributed by atoms with van der Waals surface area (Å²) in [7, 11) is 0. The number of hydrogen-bond acceptors (Lipinski definition) is 1. The van der Waals surface area contributed by atoms with Crippen LogP contribution in [0.4, 0.5) is 0 Å². The topological polar surface area (TPSA) is 12.9 Å². The molecule has 0 N–H and O–H groups in total. The first-order valence-electron chi connectivity index (χ1n) is 8.32. The van der Waals surface area contributed by atoms with Crippen LogP contribution in [0.1, 0.15) is 11.1 Å². The van der Waals surface area contributed by atoms with Crippen LogP contribution in [-0.4, -0.2) is 4.98 Å². The minimum absolute atomic E-state index is 0.850. The molecule has 1 heteroatoms. The number of rotatable bonds is 2. The van der Waals surface area contributed by atoms with Crippen molar-refractivity contribution in [2.45, 2.75) is 0 Å². The highest BCUT2D eigenvalue weighted by Crippen LogP contribution is 2.32. The molecular weight excluding hydrogens is 314 g/mol. The van der Waals surface area contributed by atoms with Crippen molar-refractivity contribution in [1.29, 1.82) is 0 Å². The summed E-state index contributed by atoms with van der Waals surface area (Å²) in [6.07, 6.45) is 11.1. The van der Waals surface area contributed by atoms with Crippen LogP contribution in [0.15, 0.2) is 78.9 Å². The SMILES string of the molecule is C#Cc1ccc(-c2cc(-c3ccccc3)c3cc(C#C)ccc3n2)cc1. The molecule has 0 aliphatic rings. The summed E-state index contributed by atoms with van der Waals surface area (Å²) >= 11 is 0. The Hall–Kier alpha value is -3.81. The molecule has 3 aromatic carbocycles. The van der Waals surface area contributed by atoms with Gasteiger partial charge in [0.15, 0.2) is 0 Å². The molecule has 0 saturated heterocycles. The lowest BCUT2D eigenvalue weighted by atomic mass is 9.97. The lowest BCUT2D eigenvalue weighted by molar-refractivity contribution is 1.39. The first kappa shape index (κ1) is 15.7. The molecule has 0 saturated carbocycles. The van der Waals surface area contributed by atoms with Gasteiger partial charge in [-0.25, -0.2) is 4.98 Å². The van der Waals surface area contributed by atoms with Crippen molar-refractivity contribution in [2.75, 3.05) is 0 Å². The molecule has 120 valence electrons. The van der Waals surface area contributed by atoms with Gasteiger partial charge in [0, 0.05) is 22.1 Å². The Morgan fingerprint density at radius 2 is 1.35 bits per heavy atom. The Morgan fingerprint density at radius 3 is 2.04 bits per heavy atom. The normalized spacial score (nSPS) is 10.2. The van der Waals surface area contributed by atoms with E-state index >= 15 is 0 Å². The lowest BCUT2D eigenvalue weighted by Gasteiger charge is -2.11. The maximum atomic E-state index is 5.59. The monoisotopic (exact) mass is 329 g/mol. The van der Waals surface area contributed by atoms with Gasteiger partial charge in [-0.1, -0.05) is 54.3 Å². The van der Waals surface area contributed by atoms with E-state index in [0.717, 1.165) is 44.4 Å². The number of hydrogen-bond donors (Lipinski definition) is 0. The highest BCUT2D eigenvalue weighted by atomic mass is 14.7. The maximum Gasteiger partial charge on any atom is 0.0716 e. The standard InChI is InChI=1S/C25H15N/c1-3-18-10-13-21(14-11-18)25-17-22(20-8-6-5-7-9-20)23-16-19(4-2)12-15-24(23)26-25/h1-2,5-17H. The van der Waals surface area contributed by atoms with Gasteiger partial charge in [0.2, 0.25) is 0 Å². The van der Waals surface area contributed by atoms with E-state index in [2.05, 4.69) is 30.0 Å². The Bertz CT molecular complexity index is 1170. The van der Waals surface area contributed by atoms with E-state index in [1.54, 1.807) is 0 Å². The van der Waals surface area contributed by atoms with E-state index < -0.39 is 0 Å². The molecule has 0 bridgehead atoms. The lowest BCUT2D eigenvalue weighted by Crippen LogP contribution is -1.91. The van der Waals surface area contributed by atoms with Crippen LogP contribution in [0.25, 0.3) is 33.3 Å². The summed E-state index contributed by atoms with van der Waals surface area (Å²) in [5.41, 5.74) is 6.82. The third kappa shape index (κ3) is 2.84. The van der Waals surface area contributed by atoms with Crippen molar-refractivity contribution < 1.29 is 0 Å². The molecule has 1 nitrogen and oxygen atoms in total. The number of pyridine rings is 1. The van der Waals surface area contributed by atoms with Gasteiger partial charge in [-0.15, -0.1) is 12.8 Å².